The van der Waals surface area contributed by atoms with Gasteiger partial charge in [0.1, 0.15) is 17.1 Å². The third-order valence-corrected chi connectivity index (χ3v) is 9.08. The zero-order valence-corrected chi connectivity index (χ0v) is 24.5. The molecule has 0 saturated carbocycles. The first-order valence-electron chi connectivity index (χ1n) is 11.9. The molecule has 2 saturated heterocycles. The number of benzene rings is 1. The Hall–Kier alpha value is -0.710. The van der Waals surface area contributed by atoms with Crippen LogP contribution >= 0.6 is 34.8 Å². The molecule has 202 valence electrons. The number of rotatable bonds is 8. The van der Waals surface area contributed by atoms with Crippen molar-refractivity contribution in [1.29, 1.82) is 0 Å². The highest BCUT2D eigenvalue weighted by Gasteiger charge is 2.42. The van der Waals surface area contributed by atoms with Crippen molar-refractivity contribution in [3.8, 4) is 5.75 Å². The number of carbonyl (C=O) groups excluding carboxylic acids is 1. The van der Waals surface area contributed by atoms with Gasteiger partial charge in [-0.3, -0.25) is 4.79 Å². The van der Waals surface area contributed by atoms with Crippen LogP contribution in [0.5, 0.6) is 5.75 Å². The predicted octanol–water partition coefficient (Wildman–Crippen LogP) is 5.69. The van der Waals surface area contributed by atoms with Gasteiger partial charge in [-0.15, -0.1) is 4.72 Å². The summed E-state index contributed by atoms with van der Waals surface area (Å²) < 4.78 is 33.2. The minimum absolute atomic E-state index is 0.00152. The van der Waals surface area contributed by atoms with Crippen molar-refractivity contribution in [2.24, 2.45) is 5.92 Å². The van der Waals surface area contributed by atoms with Gasteiger partial charge in [0.2, 0.25) is 0 Å². The summed E-state index contributed by atoms with van der Waals surface area (Å²) in [5.74, 6) is -0.394. The molecule has 0 radical (unpaired) electrons. The molecule has 36 heavy (non-hydrogen) atoms. The maximum atomic E-state index is 13.2. The van der Waals surface area contributed by atoms with Crippen molar-refractivity contribution in [2.45, 2.75) is 70.1 Å². The molecule has 7 nitrogen and oxygen atoms in total. The summed E-state index contributed by atoms with van der Waals surface area (Å²) in [6, 6.07) is 1.18. The molecule has 2 heterocycles. The molecule has 1 unspecified atom stereocenters. The number of ether oxygens (including phenoxy) is 3. The standard InChI is InChI=1S/C25H35Cl3N2O5S/c1-7-12-33-17-13-16(26)20(27)21(28)19(17)22(29-36(32)24(2,3)4)15-8-10-30(11-9-15)23(31)18-14-34-25(5,6)35-18/h7,13,15,18,22,29H,1,8-12,14H2,2-6H3/t18-,22?,36+/m1/s1. The number of amides is 1. The van der Waals surface area contributed by atoms with E-state index in [4.69, 9.17) is 49.0 Å². The third-order valence-electron chi connectivity index (χ3n) is 6.23. The Morgan fingerprint density at radius 3 is 2.50 bits per heavy atom. The van der Waals surface area contributed by atoms with Crippen LogP contribution in [0.2, 0.25) is 15.1 Å². The summed E-state index contributed by atoms with van der Waals surface area (Å²) in [6.45, 7) is 14.5. The van der Waals surface area contributed by atoms with Crippen LogP contribution < -0.4 is 9.46 Å². The Bertz CT molecular complexity index is 964. The zero-order valence-electron chi connectivity index (χ0n) is 21.4. The smallest absolute Gasteiger partial charge is 0.254 e. The quantitative estimate of drug-likeness (QED) is 0.241. The van der Waals surface area contributed by atoms with Gasteiger partial charge in [-0.05, 0) is 53.4 Å². The predicted molar refractivity (Wildman–Crippen MR) is 145 cm³/mol. The lowest BCUT2D eigenvalue weighted by Gasteiger charge is -2.39. The van der Waals surface area contributed by atoms with Crippen LogP contribution in [-0.4, -0.2) is 58.3 Å². The molecule has 3 rings (SSSR count). The van der Waals surface area contributed by atoms with E-state index in [0.29, 0.717) is 37.2 Å². The van der Waals surface area contributed by atoms with Crippen LogP contribution in [0.3, 0.4) is 0 Å². The first-order chi connectivity index (χ1) is 16.7. The van der Waals surface area contributed by atoms with Gasteiger partial charge in [0.05, 0.1) is 27.7 Å². The molecular formula is C25H35Cl3N2O5S. The molecule has 1 amide bonds. The number of likely N-dealkylation sites (tertiary alicyclic amines) is 1. The lowest BCUT2D eigenvalue weighted by Crippen LogP contribution is -2.48. The molecule has 1 aromatic rings. The number of hydrogen-bond donors (Lipinski definition) is 1. The van der Waals surface area contributed by atoms with Crippen molar-refractivity contribution < 1.29 is 23.6 Å². The van der Waals surface area contributed by atoms with Gasteiger partial charge in [-0.1, -0.05) is 47.5 Å². The van der Waals surface area contributed by atoms with Crippen LogP contribution in [0.4, 0.5) is 0 Å². The van der Waals surface area contributed by atoms with Gasteiger partial charge >= 0.3 is 0 Å². The number of nitrogens with zero attached hydrogens (tertiary/aromatic N) is 1. The van der Waals surface area contributed by atoms with Gasteiger partial charge < -0.3 is 23.7 Å². The Kier molecular flexibility index (Phi) is 9.94. The Morgan fingerprint density at radius 1 is 1.33 bits per heavy atom. The lowest BCUT2D eigenvalue weighted by molar-refractivity contribution is -0.161. The van der Waals surface area contributed by atoms with Gasteiger partial charge in [-0.2, -0.15) is 0 Å². The number of piperidine rings is 1. The highest BCUT2D eigenvalue weighted by molar-refractivity contribution is 7.90. The van der Waals surface area contributed by atoms with E-state index < -0.39 is 34.0 Å². The van der Waals surface area contributed by atoms with E-state index in [2.05, 4.69) is 11.3 Å². The van der Waals surface area contributed by atoms with E-state index in [-0.39, 0.29) is 40.1 Å². The Morgan fingerprint density at radius 2 is 1.97 bits per heavy atom. The second-order valence-electron chi connectivity index (χ2n) is 10.5. The molecule has 0 spiro atoms. The summed E-state index contributed by atoms with van der Waals surface area (Å²) in [6.07, 6.45) is 2.32. The molecule has 1 N–H and O–H groups in total. The summed E-state index contributed by atoms with van der Waals surface area (Å²) in [5.41, 5.74) is 0.601. The fourth-order valence-electron chi connectivity index (χ4n) is 4.29. The normalized spacial score (nSPS) is 22.4. The maximum Gasteiger partial charge on any atom is 0.254 e. The topological polar surface area (TPSA) is 83.1 Å². The average molecular weight is 582 g/mol. The van der Waals surface area contributed by atoms with E-state index in [1.165, 1.54) is 0 Å². The average Bonchev–Trinajstić information content (AvgIpc) is 3.18. The van der Waals surface area contributed by atoms with Crippen LogP contribution in [-0.2, 0) is 25.6 Å². The molecule has 11 heteroatoms. The first kappa shape index (κ1) is 29.8. The first-order valence-corrected chi connectivity index (χ1v) is 14.2. The van der Waals surface area contributed by atoms with Crippen LogP contribution in [0.25, 0.3) is 0 Å². The Labute approximate surface area is 232 Å². The van der Waals surface area contributed by atoms with Gasteiger partial charge in [0.15, 0.2) is 11.9 Å². The van der Waals surface area contributed by atoms with Crippen molar-refractivity contribution in [3.63, 3.8) is 0 Å². The summed E-state index contributed by atoms with van der Waals surface area (Å²) in [4.78, 5) is 14.8. The van der Waals surface area contributed by atoms with Crippen molar-refractivity contribution >= 4 is 52.1 Å². The second kappa shape index (κ2) is 12.0. The summed E-state index contributed by atoms with van der Waals surface area (Å²) in [5, 5.41) is 0.729. The monoisotopic (exact) mass is 580 g/mol. The molecule has 2 fully saturated rings. The van der Waals surface area contributed by atoms with Crippen molar-refractivity contribution in [3.05, 3.63) is 39.4 Å². The molecule has 2 aliphatic heterocycles. The van der Waals surface area contributed by atoms with E-state index in [0.717, 1.165) is 0 Å². The number of hydrogen-bond acceptors (Lipinski definition) is 6. The van der Waals surface area contributed by atoms with Gasteiger partial charge in [0.25, 0.3) is 5.91 Å². The summed E-state index contributed by atoms with van der Waals surface area (Å²) in [7, 11) is 0. The maximum absolute atomic E-state index is 13.2. The Balaban J connectivity index is 1.87. The minimum Gasteiger partial charge on any atom is -0.598 e. The van der Waals surface area contributed by atoms with E-state index in [9.17, 15) is 9.35 Å². The van der Waals surface area contributed by atoms with Crippen molar-refractivity contribution in [2.75, 3.05) is 26.3 Å². The van der Waals surface area contributed by atoms with E-state index >= 15 is 0 Å². The lowest BCUT2D eigenvalue weighted by atomic mass is 9.85. The van der Waals surface area contributed by atoms with Gasteiger partial charge in [0, 0.05) is 36.1 Å². The fourth-order valence-corrected chi connectivity index (χ4v) is 5.90. The van der Waals surface area contributed by atoms with Crippen LogP contribution in [0, 0.1) is 5.92 Å². The third kappa shape index (κ3) is 7.03. The van der Waals surface area contributed by atoms with Crippen LogP contribution in [0.15, 0.2) is 18.7 Å². The number of nitrogens with one attached hydrogen (secondary N) is 1. The number of halogens is 3. The molecule has 0 aliphatic carbocycles. The highest BCUT2D eigenvalue weighted by Crippen LogP contribution is 2.46. The summed E-state index contributed by atoms with van der Waals surface area (Å²) >= 11 is 18.1. The van der Waals surface area contributed by atoms with E-state index in [1.807, 2.05) is 20.8 Å². The highest BCUT2D eigenvalue weighted by atomic mass is 35.5. The van der Waals surface area contributed by atoms with Gasteiger partial charge in [-0.25, -0.2) is 0 Å². The fraction of sp³-hybridized carbons (Fsp3) is 0.640. The second-order valence-corrected chi connectivity index (χ2v) is 13.6. The molecule has 0 aromatic heterocycles. The number of carbonyl (C=O) groups is 1. The zero-order chi connectivity index (χ0) is 26.8. The largest absolute Gasteiger partial charge is 0.598 e. The molecular weight excluding hydrogens is 547 g/mol. The SMILES string of the molecule is C=CCOc1cc(Cl)c(Cl)c(Cl)c1C(N[S@@+]([O-])C(C)(C)C)C1CCN(C(=O)[C@H]2COC(C)(C)O2)CC1. The molecule has 2 aliphatic rings. The van der Waals surface area contributed by atoms with Crippen LogP contribution in [0.1, 0.15) is 59.1 Å². The molecule has 3 atom stereocenters. The molecule has 0 bridgehead atoms. The van der Waals surface area contributed by atoms with E-state index in [1.54, 1.807) is 30.9 Å². The van der Waals surface area contributed by atoms with Crippen molar-refractivity contribution in [1.82, 2.24) is 9.62 Å². The molecule has 1 aromatic carbocycles. The minimum atomic E-state index is -1.41.